The number of fused-ring (bicyclic) bond motifs is 10. The van der Waals surface area contributed by atoms with Gasteiger partial charge in [0.25, 0.3) is 0 Å². The summed E-state index contributed by atoms with van der Waals surface area (Å²) >= 11 is 0. The lowest BCUT2D eigenvalue weighted by Crippen LogP contribution is -2.26. The highest BCUT2D eigenvalue weighted by atomic mass is 14.6. The van der Waals surface area contributed by atoms with Gasteiger partial charge in [0.2, 0.25) is 0 Å². The Morgan fingerprint density at radius 1 is 0.567 bits per heavy atom. The number of nitrogens with two attached hydrogens (primary N) is 1. The van der Waals surface area contributed by atoms with Gasteiger partial charge < -0.3 is 5.73 Å². The number of anilines is 1. The molecule has 0 bridgehead atoms. The molecule has 0 unspecified atom stereocenters. The third-order valence-corrected chi connectivity index (χ3v) is 6.98. The highest BCUT2D eigenvalue weighted by Crippen LogP contribution is 2.63. The molecule has 2 aliphatic rings. The predicted octanol–water partition coefficient (Wildman–Crippen LogP) is 6.91. The van der Waals surface area contributed by atoms with E-state index in [9.17, 15) is 0 Å². The Kier molecular flexibility index (Phi) is 3.29. The zero-order valence-electron chi connectivity index (χ0n) is 17.7. The summed E-state index contributed by atoms with van der Waals surface area (Å²) in [6.45, 7) is 6.87. The Morgan fingerprint density at radius 3 is 1.67 bits per heavy atom. The molecule has 6 rings (SSSR count). The van der Waals surface area contributed by atoms with Crippen LogP contribution < -0.4 is 5.73 Å². The second-order valence-corrected chi connectivity index (χ2v) is 9.66. The van der Waals surface area contributed by atoms with Crippen LogP contribution in [0, 0.1) is 0 Å². The Bertz CT molecular complexity index is 1290. The van der Waals surface area contributed by atoms with Gasteiger partial charge in [0.15, 0.2) is 0 Å². The van der Waals surface area contributed by atoms with Crippen LogP contribution in [0.4, 0.5) is 5.69 Å². The van der Waals surface area contributed by atoms with Gasteiger partial charge in [-0.15, -0.1) is 0 Å². The molecule has 146 valence electrons. The smallest absolute Gasteiger partial charge is 0.0726 e. The third kappa shape index (κ3) is 2.02. The first-order chi connectivity index (χ1) is 14.4. The maximum Gasteiger partial charge on any atom is 0.0726 e. The van der Waals surface area contributed by atoms with E-state index in [0.29, 0.717) is 0 Å². The largest absolute Gasteiger partial charge is 0.399 e. The summed E-state index contributed by atoms with van der Waals surface area (Å²) < 4.78 is 0. The van der Waals surface area contributed by atoms with E-state index >= 15 is 0 Å². The van der Waals surface area contributed by atoms with E-state index in [0.717, 1.165) is 5.69 Å². The fourth-order valence-electron chi connectivity index (χ4n) is 5.62. The molecule has 2 aliphatic carbocycles. The first-order valence-corrected chi connectivity index (χ1v) is 10.7. The summed E-state index contributed by atoms with van der Waals surface area (Å²) in [4.78, 5) is 0. The van der Waals surface area contributed by atoms with Crippen LogP contribution in [0.2, 0.25) is 0 Å². The summed E-state index contributed by atoms with van der Waals surface area (Å²) in [6.07, 6.45) is 0. The zero-order valence-corrected chi connectivity index (χ0v) is 17.7. The average Bonchev–Trinajstić information content (AvgIpc) is 3.19. The minimum Gasteiger partial charge on any atom is -0.399 e. The van der Waals surface area contributed by atoms with Crippen LogP contribution in [0.1, 0.15) is 48.6 Å². The summed E-state index contributed by atoms with van der Waals surface area (Å²) in [5.41, 5.74) is 19.0. The molecule has 0 amide bonds. The van der Waals surface area contributed by atoms with Crippen LogP contribution in [0.3, 0.4) is 0 Å². The monoisotopic (exact) mass is 387 g/mol. The van der Waals surface area contributed by atoms with E-state index in [1.165, 1.54) is 50.1 Å². The fraction of sp³-hybridized carbons (Fsp3) is 0.172. The topological polar surface area (TPSA) is 26.0 Å². The molecule has 0 saturated carbocycles. The molecule has 1 heteroatoms. The molecule has 4 aromatic rings. The van der Waals surface area contributed by atoms with E-state index < -0.39 is 0 Å². The summed E-state index contributed by atoms with van der Waals surface area (Å²) in [6, 6.07) is 31.3. The van der Waals surface area contributed by atoms with Gasteiger partial charge in [-0.3, -0.25) is 0 Å². The molecule has 0 saturated heterocycles. The van der Waals surface area contributed by atoms with Crippen LogP contribution in [-0.2, 0) is 10.8 Å². The normalized spacial score (nSPS) is 14.9. The van der Waals surface area contributed by atoms with Gasteiger partial charge in [0, 0.05) is 5.69 Å². The van der Waals surface area contributed by atoms with Gasteiger partial charge >= 0.3 is 0 Å². The van der Waals surface area contributed by atoms with Crippen LogP contribution in [0.25, 0.3) is 22.3 Å². The lowest BCUT2D eigenvalue weighted by atomic mass is 9.69. The van der Waals surface area contributed by atoms with E-state index in [1.54, 1.807) is 0 Å². The van der Waals surface area contributed by atoms with Gasteiger partial charge in [0.1, 0.15) is 0 Å². The van der Waals surface area contributed by atoms with Gasteiger partial charge in [0.05, 0.1) is 5.41 Å². The van der Waals surface area contributed by atoms with Crippen LogP contribution >= 0.6 is 0 Å². The number of rotatable bonds is 0. The van der Waals surface area contributed by atoms with Crippen molar-refractivity contribution in [1.29, 1.82) is 0 Å². The molecular formula is C29H25N. The summed E-state index contributed by atoms with van der Waals surface area (Å²) in [5, 5.41) is 0. The zero-order chi connectivity index (χ0) is 20.7. The molecule has 0 fully saturated rings. The van der Waals surface area contributed by atoms with Gasteiger partial charge in [-0.05, 0) is 67.6 Å². The van der Waals surface area contributed by atoms with Crippen LogP contribution in [0.15, 0.2) is 84.9 Å². The lowest BCUT2D eigenvalue weighted by molar-refractivity contribution is 0.588. The maximum atomic E-state index is 6.36. The molecule has 0 aromatic heterocycles. The Balaban J connectivity index is 1.83. The van der Waals surface area contributed by atoms with Crippen molar-refractivity contribution < 1.29 is 0 Å². The standard InChI is InChI=1S/C29H25N/c1-28(2,3)18-12-14-22-23-15-13-19(30)17-27(23)29(26(22)16-18)24-10-6-4-8-20(24)21-9-5-7-11-25(21)29/h4-17H,30H2,1-3H3. The summed E-state index contributed by atoms with van der Waals surface area (Å²) in [5.74, 6) is 0. The van der Waals surface area contributed by atoms with Gasteiger partial charge in [-0.1, -0.05) is 93.6 Å². The average molecular weight is 388 g/mol. The predicted molar refractivity (Wildman–Crippen MR) is 126 cm³/mol. The second-order valence-electron chi connectivity index (χ2n) is 9.66. The molecular weight excluding hydrogens is 362 g/mol. The molecule has 1 spiro atoms. The van der Waals surface area contributed by atoms with Crippen molar-refractivity contribution in [2.45, 2.75) is 31.6 Å². The molecule has 1 nitrogen and oxygen atoms in total. The first kappa shape index (κ1) is 17.5. The second kappa shape index (κ2) is 5.64. The molecule has 0 aliphatic heterocycles. The first-order valence-electron chi connectivity index (χ1n) is 10.7. The van der Waals surface area contributed by atoms with Gasteiger partial charge in [-0.25, -0.2) is 0 Å². The lowest BCUT2D eigenvalue weighted by Gasteiger charge is -2.31. The van der Waals surface area contributed by atoms with Crippen LogP contribution in [0.5, 0.6) is 0 Å². The fourth-order valence-corrected chi connectivity index (χ4v) is 5.62. The van der Waals surface area contributed by atoms with E-state index in [2.05, 4.69) is 99.6 Å². The highest BCUT2D eigenvalue weighted by Gasteiger charge is 2.51. The van der Waals surface area contributed by atoms with E-state index in [4.69, 9.17) is 5.73 Å². The van der Waals surface area contributed by atoms with E-state index in [-0.39, 0.29) is 10.8 Å². The van der Waals surface area contributed by atoms with Crippen molar-refractivity contribution in [3.63, 3.8) is 0 Å². The highest BCUT2D eigenvalue weighted by molar-refractivity contribution is 5.95. The number of benzene rings is 4. The Labute approximate surface area is 178 Å². The van der Waals surface area contributed by atoms with Crippen molar-refractivity contribution in [3.05, 3.63) is 113 Å². The minimum atomic E-state index is -0.311. The molecule has 4 aromatic carbocycles. The third-order valence-electron chi connectivity index (χ3n) is 6.98. The van der Waals surface area contributed by atoms with Crippen LogP contribution in [-0.4, -0.2) is 0 Å². The quantitative estimate of drug-likeness (QED) is 0.282. The molecule has 0 radical (unpaired) electrons. The minimum absolute atomic E-state index is 0.0850. The van der Waals surface area contributed by atoms with Crippen molar-refractivity contribution >= 4 is 5.69 Å². The number of hydrogen-bond acceptors (Lipinski definition) is 1. The SMILES string of the molecule is CC(C)(C)c1ccc2c(c1)C1(c3ccccc3-c3ccccc31)c1cc(N)ccc1-2. The molecule has 0 heterocycles. The molecule has 30 heavy (non-hydrogen) atoms. The number of nitrogen functional groups attached to an aromatic ring is 1. The molecule has 2 N–H and O–H groups in total. The number of hydrogen-bond donors (Lipinski definition) is 1. The Morgan fingerprint density at radius 2 is 1.07 bits per heavy atom. The maximum absolute atomic E-state index is 6.36. The van der Waals surface area contributed by atoms with Crippen molar-refractivity contribution in [2.75, 3.05) is 5.73 Å². The van der Waals surface area contributed by atoms with Gasteiger partial charge in [-0.2, -0.15) is 0 Å². The Hall–Kier alpha value is -3.32. The molecule has 0 atom stereocenters. The summed E-state index contributed by atoms with van der Waals surface area (Å²) in [7, 11) is 0. The van der Waals surface area contributed by atoms with Crippen molar-refractivity contribution in [3.8, 4) is 22.3 Å². The van der Waals surface area contributed by atoms with E-state index in [1.807, 2.05) is 6.07 Å². The van der Waals surface area contributed by atoms with Crippen molar-refractivity contribution in [2.24, 2.45) is 0 Å². The van der Waals surface area contributed by atoms with Crippen molar-refractivity contribution in [1.82, 2.24) is 0 Å².